The van der Waals surface area contributed by atoms with Gasteiger partial charge >= 0.3 is 6.09 Å². The maximum atomic E-state index is 11.7. The van der Waals surface area contributed by atoms with E-state index in [1.165, 1.54) is 12.8 Å². The van der Waals surface area contributed by atoms with Gasteiger partial charge in [0.05, 0.1) is 18.8 Å². The molecule has 20 heavy (non-hydrogen) atoms. The zero-order chi connectivity index (χ0) is 14.9. The van der Waals surface area contributed by atoms with E-state index in [-0.39, 0.29) is 12.1 Å². The molecule has 0 aliphatic carbocycles. The fourth-order valence-electron chi connectivity index (χ4n) is 3.02. The lowest BCUT2D eigenvalue weighted by atomic mass is 9.98. The van der Waals surface area contributed by atoms with E-state index in [4.69, 9.17) is 4.74 Å². The molecule has 5 nitrogen and oxygen atoms in total. The summed E-state index contributed by atoms with van der Waals surface area (Å²) < 4.78 is 7.00. The van der Waals surface area contributed by atoms with Gasteiger partial charge in [-0.25, -0.2) is 4.79 Å². The van der Waals surface area contributed by atoms with Gasteiger partial charge < -0.3 is 9.64 Å². The number of aromatic nitrogens is 2. The monoisotopic (exact) mass is 279 g/mol. The second-order valence-corrected chi connectivity index (χ2v) is 6.00. The molecule has 2 atom stereocenters. The minimum Gasteiger partial charge on any atom is -0.453 e. The molecule has 2 rings (SSSR count). The Morgan fingerprint density at radius 1 is 1.50 bits per heavy atom. The van der Waals surface area contributed by atoms with E-state index < -0.39 is 0 Å². The first kappa shape index (κ1) is 14.9. The molecule has 1 aliphatic heterocycles. The van der Waals surface area contributed by atoms with Crippen molar-refractivity contribution < 1.29 is 9.53 Å². The Morgan fingerprint density at radius 2 is 2.20 bits per heavy atom. The number of piperidine rings is 1. The van der Waals surface area contributed by atoms with Gasteiger partial charge in [0.1, 0.15) is 0 Å². The molecule has 0 radical (unpaired) electrons. The molecule has 1 aliphatic rings. The quantitative estimate of drug-likeness (QED) is 0.835. The largest absolute Gasteiger partial charge is 0.453 e. The summed E-state index contributed by atoms with van der Waals surface area (Å²) in [6.45, 7) is 9.23. The number of amides is 1. The fourth-order valence-corrected chi connectivity index (χ4v) is 3.02. The van der Waals surface area contributed by atoms with Crippen molar-refractivity contribution in [3.63, 3.8) is 0 Å². The maximum Gasteiger partial charge on any atom is 0.409 e. The number of carbonyl (C=O) groups excluding carboxylic acids is 1. The Balaban J connectivity index is 2.15. The summed E-state index contributed by atoms with van der Waals surface area (Å²) in [4.78, 5) is 13.5. The lowest BCUT2D eigenvalue weighted by Gasteiger charge is -2.37. The van der Waals surface area contributed by atoms with Crippen LogP contribution in [0.25, 0.3) is 0 Å². The Bertz CT molecular complexity index is 481. The van der Waals surface area contributed by atoms with Crippen molar-refractivity contribution in [3.05, 3.63) is 17.5 Å². The van der Waals surface area contributed by atoms with Crippen LogP contribution in [0.3, 0.4) is 0 Å². The highest BCUT2D eigenvalue weighted by Crippen LogP contribution is 2.30. The molecular weight excluding hydrogens is 254 g/mol. The van der Waals surface area contributed by atoms with Crippen molar-refractivity contribution in [3.8, 4) is 0 Å². The molecule has 1 fully saturated rings. The summed E-state index contributed by atoms with van der Waals surface area (Å²) in [5, 5.41) is 4.66. The molecule has 2 heterocycles. The van der Waals surface area contributed by atoms with E-state index in [9.17, 15) is 4.79 Å². The van der Waals surface area contributed by atoms with E-state index in [0.717, 1.165) is 25.1 Å². The number of aryl methyl sites for hydroxylation is 1. The Hall–Kier alpha value is -1.52. The standard InChI is InChI=1S/C15H25N3O2/c1-10(2)14-8-11(3)16-18(14)13-6-7-17(12(4)9-13)15(19)20-5/h8,10,12-13H,6-7,9H2,1-5H3. The van der Waals surface area contributed by atoms with Crippen LogP contribution in [0.15, 0.2) is 6.07 Å². The molecule has 0 saturated carbocycles. The van der Waals surface area contributed by atoms with Crippen molar-refractivity contribution in [2.24, 2.45) is 0 Å². The highest BCUT2D eigenvalue weighted by molar-refractivity contribution is 5.67. The second kappa shape index (κ2) is 5.85. The molecule has 0 N–H and O–H groups in total. The van der Waals surface area contributed by atoms with Gasteiger partial charge in [0.25, 0.3) is 0 Å². The van der Waals surface area contributed by atoms with Crippen LogP contribution in [0.2, 0.25) is 0 Å². The van der Waals surface area contributed by atoms with Crippen molar-refractivity contribution in [1.29, 1.82) is 0 Å². The van der Waals surface area contributed by atoms with Gasteiger partial charge in [-0.05, 0) is 38.7 Å². The minimum atomic E-state index is -0.225. The average molecular weight is 279 g/mol. The molecule has 1 amide bonds. The Kier molecular flexibility index (Phi) is 4.35. The van der Waals surface area contributed by atoms with Crippen LogP contribution in [0.1, 0.15) is 57.0 Å². The maximum absolute atomic E-state index is 11.7. The van der Waals surface area contributed by atoms with E-state index in [0.29, 0.717) is 12.0 Å². The molecule has 2 unspecified atom stereocenters. The van der Waals surface area contributed by atoms with E-state index in [1.807, 2.05) is 11.8 Å². The first-order valence-electron chi connectivity index (χ1n) is 7.34. The summed E-state index contributed by atoms with van der Waals surface area (Å²) in [6, 6.07) is 2.73. The number of rotatable bonds is 2. The summed E-state index contributed by atoms with van der Waals surface area (Å²) in [7, 11) is 1.44. The van der Waals surface area contributed by atoms with Crippen molar-refractivity contribution >= 4 is 6.09 Å². The van der Waals surface area contributed by atoms with Gasteiger partial charge in [0.2, 0.25) is 0 Å². The molecular formula is C15H25N3O2. The van der Waals surface area contributed by atoms with Crippen molar-refractivity contribution in [1.82, 2.24) is 14.7 Å². The smallest absolute Gasteiger partial charge is 0.409 e. The number of nitrogens with zero attached hydrogens (tertiary/aromatic N) is 3. The van der Waals surface area contributed by atoms with Crippen LogP contribution in [0.5, 0.6) is 0 Å². The summed E-state index contributed by atoms with van der Waals surface area (Å²) in [6.07, 6.45) is 1.63. The van der Waals surface area contributed by atoms with E-state index in [1.54, 1.807) is 0 Å². The van der Waals surface area contributed by atoms with Gasteiger partial charge in [0, 0.05) is 18.3 Å². The van der Waals surface area contributed by atoms with E-state index in [2.05, 4.69) is 36.6 Å². The normalized spacial score (nSPS) is 23.2. The first-order valence-corrected chi connectivity index (χ1v) is 7.34. The molecule has 5 heteroatoms. The third-order valence-corrected chi connectivity index (χ3v) is 4.08. The number of methoxy groups -OCH3 is 1. The van der Waals surface area contributed by atoms with Crippen LogP contribution in [0.4, 0.5) is 4.79 Å². The Labute approximate surface area is 120 Å². The second-order valence-electron chi connectivity index (χ2n) is 6.00. The minimum absolute atomic E-state index is 0.186. The van der Waals surface area contributed by atoms with Crippen LogP contribution in [-0.2, 0) is 4.74 Å². The molecule has 0 aromatic carbocycles. The van der Waals surface area contributed by atoms with Crippen molar-refractivity contribution in [2.45, 2.75) is 58.5 Å². The fraction of sp³-hybridized carbons (Fsp3) is 0.733. The van der Waals surface area contributed by atoms with Crippen LogP contribution in [-0.4, -0.2) is 40.5 Å². The number of ether oxygens (including phenoxy) is 1. The molecule has 1 aromatic heterocycles. The van der Waals surface area contributed by atoms with Crippen LogP contribution in [0, 0.1) is 6.92 Å². The lowest BCUT2D eigenvalue weighted by molar-refractivity contribution is 0.0801. The van der Waals surface area contributed by atoms with Gasteiger partial charge in [0.15, 0.2) is 0 Å². The number of hydrogen-bond donors (Lipinski definition) is 0. The predicted molar refractivity (Wildman–Crippen MR) is 77.9 cm³/mol. The Morgan fingerprint density at radius 3 is 2.75 bits per heavy atom. The highest BCUT2D eigenvalue weighted by atomic mass is 16.5. The van der Waals surface area contributed by atoms with Gasteiger partial charge in [-0.3, -0.25) is 4.68 Å². The SMILES string of the molecule is COC(=O)N1CCC(n2nc(C)cc2C(C)C)CC1C. The topological polar surface area (TPSA) is 47.4 Å². The molecule has 0 bridgehead atoms. The number of hydrogen-bond acceptors (Lipinski definition) is 3. The number of carbonyl (C=O) groups is 1. The predicted octanol–water partition coefficient (Wildman–Crippen LogP) is 3.11. The molecule has 112 valence electrons. The molecule has 1 aromatic rings. The van der Waals surface area contributed by atoms with Gasteiger partial charge in [-0.2, -0.15) is 5.10 Å². The lowest BCUT2D eigenvalue weighted by Crippen LogP contribution is -2.45. The van der Waals surface area contributed by atoms with Crippen LogP contribution >= 0.6 is 0 Å². The number of likely N-dealkylation sites (tertiary alicyclic amines) is 1. The van der Waals surface area contributed by atoms with Crippen molar-refractivity contribution in [2.75, 3.05) is 13.7 Å². The van der Waals surface area contributed by atoms with Crippen LogP contribution < -0.4 is 0 Å². The first-order chi connectivity index (χ1) is 9.43. The zero-order valence-electron chi connectivity index (χ0n) is 13.1. The van der Waals surface area contributed by atoms with E-state index >= 15 is 0 Å². The average Bonchev–Trinajstić information content (AvgIpc) is 2.80. The zero-order valence-corrected chi connectivity index (χ0v) is 13.1. The van der Waals surface area contributed by atoms with Gasteiger partial charge in [-0.1, -0.05) is 13.8 Å². The van der Waals surface area contributed by atoms with Gasteiger partial charge in [-0.15, -0.1) is 0 Å². The molecule has 1 saturated heterocycles. The third-order valence-electron chi connectivity index (χ3n) is 4.08. The summed E-state index contributed by atoms with van der Waals surface area (Å²) in [5.74, 6) is 0.463. The summed E-state index contributed by atoms with van der Waals surface area (Å²) in [5.41, 5.74) is 2.35. The highest BCUT2D eigenvalue weighted by Gasteiger charge is 2.31. The summed E-state index contributed by atoms with van der Waals surface area (Å²) >= 11 is 0. The molecule has 0 spiro atoms. The third kappa shape index (κ3) is 2.81.